The van der Waals surface area contributed by atoms with Crippen LogP contribution in [-0.2, 0) is 4.79 Å². The van der Waals surface area contributed by atoms with Gasteiger partial charge in [-0.25, -0.2) is 0 Å². The predicted octanol–water partition coefficient (Wildman–Crippen LogP) is 2.49. The highest BCUT2D eigenvalue weighted by molar-refractivity contribution is 6.37. The maximum Gasteiger partial charge on any atom is 0.241 e. The summed E-state index contributed by atoms with van der Waals surface area (Å²) in [5, 5.41) is 0.981. The molecule has 0 aromatic heterocycles. The van der Waals surface area contributed by atoms with Gasteiger partial charge < -0.3 is 5.73 Å². The first-order valence-electron chi connectivity index (χ1n) is 3.53. The van der Waals surface area contributed by atoms with E-state index >= 15 is 0 Å². The van der Waals surface area contributed by atoms with Gasteiger partial charge in [-0.3, -0.25) is 4.79 Å². The molecule has 0 spiro atoms. The van der Waals surface area contributed by atoms with Crippen LogP contribution in [0, 0.1) is 0 Å². The number of carbonyl (C=O) groups excluding carboxylic acids is 1. The maximum atomic E-state index is 10.4. The van der Waals surface area contributed by atoms with E-state index in [-0.39, 0.29) is 0 Å². The Labute approximate surface area is 85.9 Å². The summed E-state index contributed by atoms with van der Waals surface area (Å²) in [6.07, 6.45) is 2.71. The van der Waals surface area contributed by atoms with E-state index in [4.69, 9.17) is 28.9 Å². The molecule has 2 N–H and O–H groups in total. The average molecular weight is 216 g/mol. The standard InChI is InChI=1S/C9H7Cl2NO/c10-7-2-1-3-8(11)6(7)4-5-9(12)13/h1-5H,(H2,12,13). The van der Waals surface area contributed by atoms with E-state index < -0.39 is 5.91 Å². The zero-order valence-corrected chi connectivity index (χ0v) is 8.14. The van der Waals surface area contributed by atoms with Crippen LogP contribution in [-0.4, -0.2) is 5.91 Å². The molecule has 2 nitrogen and oxygen atoms in total. The summed E-state index contributed by atoms with van der Waals surface area (Å²) in [6.45, 7) is 0. The largest absolute Gasteiger partial charge is 0.366 e. The molecule has 1 aromatic rings. The second kappa shape index (κ2) is 4.30. The molecule has 0 heterocycles. The Kier molecular flexibility index (Phi) is 3.34. The SMILES string of the molecule is NC(=O)C=Cc1c(Cl)cccc1Cl. The summed E-state index contributed by atoms with van der Waals surface area (Å²) in [6, 6.07) is 5.11. The Hall–Kier alpha value is -0.990. The van der Waals surface area contributed by atoms with Gasteiger partial charge in [-0.2, -0.15) is 0 Å². The molecule has 0 unspecified atom stereocenters. The Balaban J connectivity index is 3.06. The highest BCUT2D eigenvalue weighted by Gasteiger charge is 2.00. The molecule has 0 aliphatic heterocycles. The lowest BCUT2D eigenvalue weighted by Gasteiger charge is -1.99. The lowest BCUT2D eigenvalue weighted by Crippen LogP contribution is -2.05. The summed E-state index contributed by atoms with van der Waals surface area (Å²) in [7, 11) is 0. The van der Waals surface area contributed by atoms with Crippen LogP contribution in [0.3, 0.4) is 0 Å². The fraction of sp³-hybridized carbons (Fsp3) is 0. The van der Waals surface area contributed by atoms with E-state index in [0.29, 0.717) is 15.6 Å². The van der Waals surface area contributed by atoms with Gasteiger partial charge in [0.2, 0.25) is 5.91 Å². The van der Waals surface area contributed by atoms with Crippen LogP contribution in [0.25, 0.3) is 6.08 Å². The van der Waals surface area contributed by atoms with Crippen molar-refractivity contribution in [1.29, 1.82) is 0 Å². The third-order valence-corrected chi connectivity index (χ3v) is 2.07. The van der Waals surface area contributed by atoms with Crippen LogP contribution in [0.5, 0.6) is 0 Å². The van der Waals surface area contributed by atoms with Gasteiger partial charge in [0.15, 0.2) is 0 Å². The molecule has 0 aliphatic carbocycles. The zero-order chi connectivity index (χ0) is 9.84. The third-order valence-electron chi connectivity index (χ3n) is 1.41. The van der Waals surface area contributed by atoms with Crippen molar-refractivity contribution in [2.24, 2.45) is 5.73 Å². The first-order valence-corrected chi connectivity index (χ1v) is 4.28. The number of primary amides is 1. The van der Waals surface area contributed by atoms with Crippen molar-refractivity contribution < 1.29 is 4.79 Å². The number of hydrogen-bond donors (Lipinski definition) is 1. The van der Waals surface area contributed by atoms with Gasteiger partial charge in [0, 0.05) is 21.7 Å². The number of carbonyl (C=O) groups is 1. The van der Waals surface area contributed by atoms with Crippen molar-refractivity contribution >= 4 is 35.2 Å². The topological polar surface area (TPSA) is 43.1 Å². The summed E-state index contributed by atoms with van der Waals surface area (Å²) >= 11 is 11.7. The second-order valence-corrected chi connectivity index (χ2v) is 3.19. The Bertz CT molecular complexity index is 340. The molecule has 0 aliphatic rings. The summed E-state index contributed by atoms with van der Waals surface area (Å²) in [5.41, 5.74) is 5.53. The molecule has 0 fully saturated rings. The van der Waals surface area contributed by atoms with Crippen molar-refractivity contribution in [2.75, 3.05) is 0 Å². The first kappa shape index (κ1) is 10.1. The lowest BCUT2D eigenvalue weighted by atomic mass is 10.2. The molecule has 4 heteroatoms. The summed E-state index contributed by atoms with van der Waals surface area (Å²) < 4.78 is 0. The quantitative estimate of drug-likeness (QED) is 0.758. The van der Waals surface area contributed by atoms with Crippen LogP contribution in [0.2, 0.25) is 10.0 Å². The summed E-state index contributed by atoms with van der Waals surface area (Å²) in [4.78, 5) is 10.4. The molecule has 1 rings (SSSR count). The number of amides is 1. The number of nitrogens with two attached hydrogens (primary N) is 1. The van der Waals surface area contributed by atoms with Gasteiger partial charge >= 0.3 is 0 Å². The van der Waals surface area contributed by atoms with Crippen LogP contribution in [0.1, 0.15) is 5.56 Å². The van der Waals surface area contributed by atoms with Crippen LogP contribution < -0.4 is 5.73 Å². The highest BCUT2D eigenvalue weighted by atomic mass is 35.5. The van der Waals surface area contributed by atoms with Crippen molar-refractivity contribution in [3.8, 4) is 0 Å². The van der Waals surface area contributed by atoms with E-state index in [1.807, 2.05) is 0 Å². The molecule has 0 bridgehead atoms. The number of rotatable bonds is 2. The van der Waals surface area contributed by atoms with Crippen LogP contribution in [0.4, 0.5) is 0 Å². The van der Waals surface area contributed by atoms with E-state index in [9.17, 15) is 4.79 Å². The van der Waals surface area contributed by atoms with Crippen molar-refractivity contribution in [2.45, 2.75) is 0 Å². The lowest BCUT2D eigenvalue weighted by molar-refractivity contribution is -0.113. The van der Waals surface area contributed by atoms with Gasteiger partial charge in [-0.1, -0.05) is 29.3 Å². The molecule has 1 aromatic carbocycles. The third kappa shape index (κ3) is 2.76. The molecular weight excluding hydrogens is 209 g/mol. The Morgan fingerprint density at radius 2 is 1.85 bits per heavy atom. The minimum atomic E-state index is -0.531. The molecule has 0 radical (unpaired) electrons. The zero-order valence-electron chi connectivity index (χ0n) is 6.63. The fourth-order valence-electron chi connectivity index (χ4n) is 0.835. The van der Waals surface area contributed by atoms with Gasteiger partial charge in [-0.05, 0) is 18.2 Å². The van der Waals surface area contributed by atoms with Gasteiger partial charge in [0.05, 0.1) is 0 Å². The predicted molar refractivity (Wildman–Crippen MR) is 54.7 cm³/mol. The molecule has 0 saturated heterocycles. The van der Waals surface area contributed by atoms with Crippen molar-refractivity contribution in [3.63, 3.8) is 0 Å². The van der Waals surface area contributed by atoms with Crippen molar-refractivity contribution in [3.05, 3.63) is 39.9 Å². The molecule has 0 saturated carbocycles. The first-order chi connectivity index (χ1) is 6.11. The number of benzene rings is 1. The summed E-state index contributed by atoms with van der Waals surface area (Å²) in [5.74, 6) is -0.531. The minimum Gasteiger partial charge on any atom is -0.366 e. The van der Waals surface area contributed by atoms with Gasteiger partial charge in [0.1, 0.15) is 0 Å². The van der Waals surface area contributed by atoms with Crippen LogP contribution in [0.15, 0.2) is 24.3 Å². The Morgan fingerprint density at radius 1 is 1.31 bits per heavy atom. The smallest absolute Gasteiger partial charge is 0.241 e. The monoisotopic (exact) mass is 215 g/mol. The van der Waals surface area contributed by atoms with E-state index in [1.165, 1.54) is 12.2 Å². The molecule has 0 atom stereocenters. The van der Waals surface area contributed by atoms with Crippen LogP contribution >= 0.6 is 23.2 Å². The minimum absolute atomic E-state index is 0.491. The number of hydrogen-bond acceptors (Lipinski definition) is 1. The van der Waals surface area contributed by atoms with Gasteiger partial charge in [-0.15, -0.1) is 0 Å². The Morgan fingerprint density at radius 3 is 2.31 bits per heavy atom. The normalized spacial score (nSPS) is 10.6. The average Bonchev–Trinajstić information content (AvgIpc) is 2.03. The molecule has 13 heavy (non-hydrogen) atoms. The fourth-order valence-corrected chi connectivity index (χ4v) is 1.36. The van der Waals surface area contributed by atoms with E-state index in [0.717, 1.165) is 0 Å². The van der Waals surface area contributed by atoms with E-state index in [1.54, 1.807) is 18.2 Å². The molecular formula is C9H7Cl2NO. The maximum absolute atomic E-state index is 10.4. The van der Waals surface area contributed by atoms with E-state index in [2.05, 4.69) is 0 Å². The van der Waals surface area contributed by atoms with Gasteiger partial charge in [0.25, 0.3) is 0 Å². The number of halogens is 2. The molecule has 68 valence electrons. The highest BCUT2D eigenvalue weighted by Crippen LogP contribution is 2.25. The van der Waals surface area contributed by atoms with Crippen molar-refractivity contribution in [1.82, 2.24) is 0 Å². The molecule has 1 amide bonds. The second-order valence-electron chi connectivity index (χ2n) is 2.37.